The van der Waals surface area contributed by atoms with Gasteiger partial charge in [-0.15, -0.1) is 0 Å². The van der Waals surface area contributed by atoms with Crippen molar-refractivity contribution < 1.29 is 4.42 Å². The lowest BCUT2D eigenvalue weighted by atomic mass is 9.84. The summed E-state index contributed by atoms with van der Waals surface area (Å²) in [5.74, 6) is 1.05. The lowest BCUT2D eigenvalue weighted by molar-refractivity contribution is 0.443. The topological polar surface area (TPSA) is 38.9 Å². The predicted molar refractivity (Wildman–Crippen MR) is 115 cm³/mol. The molecule has 1 aliphatic rings. The second kappa shape index (κ2) is 7.05. The summed E-state index contributed by atoms with van der Waals surface area (Å²) >= 11 is 0. The summed E-state index contributed by atoms with van der Waals surface area (Å²) in [5, 5.41) is 2.19. The van der Waals surface area contributed by atoms with E-state index < -0.39 is 0 Å². The zero-order valence-corrected chi connectivity index (χ0v) is 16.6. The van der Waals surface area contributed by atoms with Gasteiger partial charge in [0.25, 0.3) is 0 Å². The Labute approximate surface area is 165 Å². The molecule has 0 amide bonds. The fraction of sp³-hybridized carbons (Fsp3) is 0.360. The maximum atomic E-state index is 6.26. The monoisotopic (exact) mass is 370 g/mol. The summed E-state index contributed by atoms with van der Waals surface area (Å²) in [4.78, 5) is 9.44. The Bertz CT molecular complexity index is 1140. The molecule has 0 N–H and O–H groups in total. The highest BCUT2D eigenvalue weighted by molar-refractivity contribution is 6.08. The predicted octanol–water partition coefficient (Wildman–Crippen LogP) is 7.21. The first-order valence-electron chi connectivity index (χ1n) is 10.5. The third kappa shape index (κ3) is 2.99. The first kappa shape index (κ1) is 17.4. The van der Waals surface area contributed by atoms with Crippen molar-refractivity contribution in [2.45, 2.75) is 57.8 Å². The molecule has 0 atom stereocenters. The quantitative estimate of drug-likeness (QED) is 0.382. The molecule has 4 aromatic rings. The second-order valence-corrected chi connectivity index (χ2v) is 8.34. The van der Waals surface area contributed by atoms with E-state index in [-0.39, 0.29) is 0 Å². The van der Waals surface area contributed by atoms with E-state index >= 15 is 0 Å². The zero-order chi connectivity index (χ0) is 19.1. The molecule has 28 heavy (non-hydrogen) atoms. The van der Waals surface area contributed by atoms with Crippen LogP contribution < -0.4 is 0 Å². The fourth-order valence-electron chi connectivity index (χ4n) is 4.50. The molecule has 0 radical (unpaired) electrons. The molecule has 0 saturated heterocycles. The molecule has 3 heteroatoms. The Kier molecular flexibility index (Phi) is 4.38. The Hall–Kier alpha value is -2.68. The summed E-state index contributed by atoms with van der Waals surface area (Å²) in [5.41, 5.74) is 6.14. The van der Waals surface area contributed by atoms with Crippen molar-refractivity contribution in [2.24, 2.45) is 0 Å². The number of hydrogen-bond acceptors (Lipinski definition) is 3. The van der Waals surface area contributed by atoms with Gasteiger partial charge in [0.1, 0.15) is 5.58 Å². The van der Waals surface area contributed by atoms with Crippen LogP contribution in [-0.4, -0.2) is 9.97 Å². The molecule has 1 aromatic carbocycles. The van der Waals surface area contributed by atoms with Gasteiger partial charge in [-0.3, -0.25) is 4.98 Å². The van der Waals surface area contributed by atoms with Crippen LogP contribution in [-0.2, 0) is 0 Å². The minimum atomic E-state index is 0.380. The fourth-order valence-corrected chi connectivity index (χ4v) is 4.50. The van der Waals surface area contributed by atoms with Gasteiger partial charge in [0.15, 0.2) is 0 Å². The van der Waals surface area contributed by atoms with Gasteiger partial charge in [0, 0.05) is 28.2 Å². The average Bonchev–Trinajstić information content (AvgIpc) is 3.12. The molecule has 3 aromatic heterocycles. The van der Waals surface area contributed by atoms with E-state index in [1.54, 1.807) is 0 Å². The molecular weight excluding hydrogens is 344 g/mol. The van der Waals surface area contributed by atoms with Crippen LogP contribution in [0.4, 0.5) is 0 Å². The molecule has 0 bridgehead atoms. The lowest BCUT2D eigenvalue weighted by Crippen LogP contribution is -2.04. The van der Waals surface area contributed by atoms with Crippen molar-refractivity contribution in [3.63, 3.8) is 0 Å². The standard InChI is InChI=1S/C25H26N2O/c1-16(2)22-12-11-20-19-9-6-10-21(24(19)28-25(20)27-22)23-15-18(13-14-26-23)17-7-4-3-5-8-17/h6,9-17H,3-5,7-8H2,1-2H3. The van der Waals surface area contributed by atoms with E-state index in [1.807, 2.05) is 6.20 Å². The minimum absolute atomic E-state index is 0.380. The van der Waals surface area contributed by atoms with E-state index in [1.165, 1.54) is 37.7 Å². The molecule has 3 heterocycles. The van der Waals surface area contributed by atoms with Crippen molar-refractivity contribution in [3.8, 4) is 11.3 Å². The highest BCUT2D eigenvalue weighted by Crippen LogP contribution is 2.37. The lowest BCUT2D eigenvalue weighted by Gasteiger charge is -2.22. The van der Waals surface area contributed by atoms with Crippen LogP contribution in [0.2, 0.25) is 0 Å². The van der Waals surface area contributed by atoms with Gasteiger partial charge >= 0.3 is 0 Å². The third-order valence-corrected chi connectivity index (χ3v) is 6.11. The summed E-state index contributed by atoms with van der Waals surface area (Å²) in [7, 11) is 0. The second-order valence-electron chi connectivity index (χ2n) is 8.34. The molecule has 142 valence electrons. The molecule has 0 spiro atoms. The van der Waals surface area contributed by atoms with Crippen LogP contribution in [0.5, 0.6) is 0 Å². The molecular formula is C25H26N2O. The first-order chi connectivity index (χ1) is 13.7. The van der Waals surface area contributed by atoms with Crippen LogP contribution in [0, 0.1) is 0 Å². The van der Waals surface area contributed by atoms with Crippen molar-refractivity contribution in [1.29, 1.82) is 0 Å². The molecule has 1 aliphatic carbocycles. The van der Waals surface area contributed by atoms with E-state index in [0.29, 0.717) is 11.8 Å². The number of nitrogens with zero attached hydrogens (tertiary/aromatic N) is 2. The van der Waals surface area contributed by atoms with E-state index in [0.717, 1.165) is 39.0 Å². The molecule has 1 fully saturated rings. The summed E-state index contributed by atoms with van der Waals surface area (Å²) < 4.78 is 6.26. The van der Waals surface area contributed by atoms with Gasteiger partial charge < -0.3 is 4.42 Å². The van der Waals surface area contributed by atoms with Gasteiger partial charge in [-0.1, -0.05) is 45.2 Å². The number of para-hydroxylation sites is 1. The molecule has 5 rings (SSSR count). The highest BCUT2D eigenvalue weighted by Gasteiger charge is 2.18. The molecule has 0 unspecified atom stereocenters. The van der Waals surface area contributed by atoms with Gasteiger partial charge in [0.05, 0.1) is 5.69 Å². The normalized spacial score (nSPS) is 15.7. The number of aromatic nitrogens is 2. The van der Waals surface area contributed by atoms with Crippen LogP contribution in [0.25, 0.3) is 33.3 Å². The summed E-state index contributed by atoms with van der Waals surface area (Å²) in [6.07, 6.45) is 8.59. The third-order valence-electron chi connectivity index (χ3n) is 6.11. The largest absolute Gasteiger partial charge is 0.437 e. The maximum Gasteiger partial charge on any atom is 0.227 e. The van der Waals surface area contributed by atoms with E-state index in [9.17, 15) is 0 Å². The van der Waals surface area contributed by atoms with Crippen LogP contribution in [0.15, 0.2) is 53.1 Å². The van der Waals surface area contributed by atoms with Gasteiger partial charge in [0.2, 0.25) is 5.71 Å². The minimum Gasteiger partial charge on any atom is -0.437 e. The zero-order valence-electron chi connectivity index (χ0n) is 16.6. The van der Waals surface area contributed by atoms with E-state index in [4.69, 9.17) is 14.4 Å². The van der Waals surface area contributed by atoms with Gasteiger partial charge in [-0.2, -0.15) is 0 Å². The number of pyridine rings is 2. The number of rotatable bonds is 3. The SMILES string of the molecule is CC(C)c1ccc2c(n1)oc1c(-c3cc(C4CCCCC4)ccn3)cccc12. The Morgan fingerprint density at radius 2 is 1.82 bits per heavy atom. The first-order valence-corrected chi connectivity index (χ1v) is 10.5. The van der Waals surface area contributed by atoms with Crippen molar-refractivity contribution in [2.75, 3.05) is 0 Å². The number of hydrogen-bond donors (Lipinski definition) is 0. The highest BCUT2D eigenvalue weighted by atomic mass is 16.3. The number of fused-ring (bicyclic) bond motifs is 3. The smallest absolute Gasteiger partial charge is 0.227 e. The van der Waals surface area contributed by atoms with E-state index in [2.05, 4.69) is 56.3 Å². The average molecular weight is 370 g/mol. The van der Waals surface area contributed by atoms with Gasteiger partial charge in [-0.05, 0) is 60.6 Å². The molecule has 0 aliphatic heterocycles. The molecule has 3 nitrogen and oxygen atoms in total. The van der Waals surface area contributed by atoms with Gasteiger partial charge in [-0.25, -0.2) is 4.98 Å². The maximum absolute atomic E-state index is 6.26. The van der Waals surface area contributed by atoms with Crippen LogP contribution >= 0.6 is 0 Å². The number of furan rings is 1. The van der Waals surface area contributed by atoms with Crippen molar-refractivity contribution in [3.05, 3.63) is 59.9 Å². The van der Waals surface area contributed by atoms with Crippen molar-refractivity contribution >= 4 is 22.1 Å². The Morgan fingerprint density at radius 3 is 2.64 bits per heavy atom. The number of benzene rings is 1. The van der Waals surface area contributed by atoms with Crippen molar-refractivity contribution in [1.82, 2.24) is 9.97 Å². The summed E-state index contributed by atoms with van der Waals surface area (Å²) in [6, 6.07) is 15.0. The Balaban J connectivity index is 1.63. The summed E-state index contributed by atoms with van der Waals surface area (Å²) in [6.45, 7) is 4.31. The van der Waals surface area contributed by atoms with Crippen LogP contribution in [0.1, 0.15) is 69.0 Å². The molecule has 1 saturated carbocycles. The Morgan fingerprint density at radius 1 is 0.964 bits per heavy atom. The van der Waals surface area contributed by atoms with Crippen LogP contribution in [0.3, 0.4) is 0 Å².